The quantitative estimate of drug-likeness (QED) is 0.278. The molecule has 6 atom stereocenters. The summed E-state index contributed by atoms with van der Waals surface area (Å²) in [5.41, 5.74) is 1.86. The molecule has 0 radical (unpaired) electrons. The Morgan fingerprint density at radius 2 is 1.20 bits per heavy atom. The van der Waals surface area contributed by atoms with Gasteiger partial charge in [-0.3, -0.25) is 9.59 Å². The molecule has 4 bridgehead atoms. The molecule has 0 amide bonds. The third-order valence-corrected chi connectivity index (χ3v) is 13.6. The van der Waals surface area contributed by atoms with Crippen LogP contribution in [0, 0.1) is 0 Å². The van der Waals surface area contributed by atoms with E-state index in [1.165, 1.54) is 25.7 Å². The largest absolute Gasteiger partial charge is 0.461 e. The SMILES string of the molecule is CC[N+]1(C)[C@@H]2CC[C@@H]1CC(OC(=O)[C@@H]1CC[C@](C(=O)OC3C[C@@H]4CC[C@@H](C3)[N+]4(C)CC)(c3ccccc3)c3ccccc31)C2. The predicted octanol–water partition coefficient (Wildman–Crippen LogP) is 6.26. The van der Waals surface area contributed by atoms with Gasteiger partial charge < -0.3 is 18.4 Å². The number of benzene rings is 2. The van der Waals surface area contributed by atoms with E-state index >= 15 is 0 Å². The Morgan fingerprint density at radius 1 is 0.705 bits per heavy atom. The van der Waals surface area contributed by atoms with Crippen LogP contribution in [0.15, 0.2) is 54.6 Å². The minimum atomic E-state index is -0.932. The second kappa shape index (κ2) is 11.3. The van der Waals surface area contributed by atoms with Crippen LogP contribution >= 0.6 is 0 Å². The monoisotopic (exact) mass is 600 g/mol. The van der Waals surface area contributed by atoms with E-state index in [4.69, 9.17) is 9.47 Å². The molecule has 4 heterocycles. The number of carbonyl (C=O) groups is 2. The van der Waals surface area contributed by atoms with Crippen molar-refractivity contribution in [1.29, 1.82) is 0 Å². The number of hydrogen-bond acceptors (Lipinski definition) is 4. The number of nitrogens with zero attached hydrogens (tertiary/aromatic N) is 2. The molecule has 0 unspecified atom stereocenters. The lowest BCUT2D eigenvalue weighted by molar-refractivity contribution is -0.947. The van der Waals surface area contributed by atoms with Crippen molar-refractivity contribution >= 4 is 11.9 Å². The van der Waals surface area contributed by atoms with Crippen LogP contribution in [0.4, 0.5) is 0 Å². The first kappa shape index (κ1) is 30.0. The Balaban J connectivity index is 1.15. The first-order valence-electron chi connectivity index (χ1n) is 17.5. The molecule has 236 valence electrons. The maximum Gasteiger partial charge on any atom is 0.321 e. The highest BCUT2D eigenvalue weighted by atomic mass is 16.5. The van der Waals surface area contributed by atoms with Gasteiger partial charge in [0.2, 0.25) is 0 Å². The lowest BCUT2D eigenvalue weighted by Crippen LogP contribution is -2.59. The highest BCUT2D eigenvalue weighted by Crippen LogP contribution is 2.50. The van der Waals surface area contributed by atoms with Crippen molar-refractivity contribution < 1.29 is 28.0 Å². The molecule has 44 heavy (non-hydrogen) atoms. The van der Waals surface area contributed by atoms with Crippen LogP contribution in [0.25, 0.3) is 0 Å². The molecule has 2 aromatic carbocycles. The minimum Gasteiger partial charge on any atom is -0.461 e. The van der Waals surface area contributed by atoms with E-state index < -0.39 is 5.41 Å². The van der Waals surface area contributed by atoms with Gasteiger partial charge in [0.05, 0.1) is 57.3 Å². The third-order valence-electron chi connectivity index (χ3n) is 13.6. The topological polar surface area (TPSA) is 52.6 Å². The molecule has 4 aliphatic heterocycles. The number of fused-ring (bicyclic) bond motifs is 5. The molecule has 4 saturated heterocycles. The Hall–Kier alpha value is -2.70. The standard InChI is InChI=1S/C38H52N2O4/c1-5-39(3)27-16-17-28(39)23-31(22-27)43-36(41)34-20-21-38(26-12-8-7-9-13-26,35-15-11-10-14-33(34)35)37(42)44-32-24-29-18-19-30(25-32)40(29,4)6-2/h7-15,27-32,34H,5-6,16-25H2,1-4H3/q+2/t27-,28-,29+,30+,31?,32?,34-,38+,39?,40?/m1/s1. The summed E-state index contributed by atoms with van der Waals surface area (Å²) in [4.78, 5) is 28.6. The highest BCUT2D eigenvalue weighted by Gasteiger charge is 2.55. The molecular weight excluding hydrogens is 548 g/mol. The van der Waals surface area contributed by atoms with E-state index in [0.717, 1.165) is 64.4 Å². The van der Waals surface area contributed by atoms with E-state index in [2.05, 4.69) is 46.1 Å². The van der Waals surface area contributed by atoms with Gasteiger partial charge in [-0.25, -0.2) is 0 Å². The molecule has 0 saturated carbocycles. The van der Waals surface area contributed by atoms with Gasteiger partial charge in [-0.15, -0.1) is 0 Å². The lowest BCUT2D eigenvalue weighted by atomic mass is 9.63. The molecule has 4 fully saturated rings. The summed E-state index contributed by atoms with van der Waals surface area (Å²) < 4.78 is 15.2. The molecule has 5 aliphatic rings. The molecule has 0 N–H and O–H groups in total. The van der Waals surface area contributed by atoms with Gasteiger partial charge in [-0.05, 0) is 43.4 Å². The van der Waals surface area contributed by atoms with E-state index in [9.17, 15) is 9.59 Å². The summed E-state index contributed by atoms with van der Waals surface area (Å²) in [6.45, 7) is 6.86. The van der Waals surface area contributed by atoms with Gasteiger partial charge in [0.25, 0.3) is 0 Å². The van der Waals surface area contributed by atoms with E-state index in [0.29, 0.717) is 37.0 Å². The van der Waals surface area contributed by atoms with Crippen LogP contribution in [-0.4, -0.2) is 84.5 Å². The van der Waals surface area contributed by atoms with Gasteiger partial charge in [0.1, 0.15) is 17.6 Å². The molecular formula is C38H52N2O4+2. The minimum absolute atomic E-state index is 0.00966. The fourth-order valence-corrected chi connectivity index (χ4v) is 10.5. The molecule has 6 heteroatoms. The van der Waals surface area contributed by atoms with Gasteiger partial charge in [-0.1, -0.05) is 54.6 Å². The zero-order chi connectivity index (χ0) is 30.7. The van der Waals surface area contributed by atoms with Crippen molar-refractivity contribution in [3.05, 3.63) is 71.3 Å². The van der Waals surface area contributed by atoms with Crippen LogP contribution in [0.5, 0.6) is 0 Å². The number of esters is 2. The Kier molecular flexibility index (Phi) is 7.68. The van der Waals surface area contributed by atoms with Crippen molar-refractivity contribution in [2.24, 2.45) is 0 Å². The number of hydrogen-bond donors (Lipinski definition) is 0. The summed E-state index contributed by atoms with van der Waals surface area (Å²) in [7, 11) is 4.78. The van der Waals surface area contributed by atoms with Gasteiger partial charge >= 0.3 is 11.9 Å². The van der Waals surface area contributed by atoms with Crippen LogP contribution in [0.3, 0.4) is 0 Å². The van der Waals surface area contributed by atoms with Crippen LogP contribution in [0.1, 0.15) is 101 Å². The summed E-state index contributed by atoms with van der Waals surface area (Å²) in [6, 6.07) is 20.5. The molecule has 1 aliphatic carbocycles. The number of piperidine rings is 2. The fourth-order valence-electron chi connectivity index (χ4n) is 10.5. The summed E-state index contributed by atoms with van der Waals surface area (Å²) in [5.74, 6) is -0.638. The molecule has 0 spiro atoms. The fraction of sp³-hybridized carbons (Fsp3) is 0.632. The summed E-state index contributed by atoms with van der Waals surface area (Å²) >= 11 is 0. The number of quaternary nitrogens is 2. The average molecular weight is 601 g/mol. The first-order chi connectivity index (χ1) is 21.2. The normalized spacial score (nSPS) is 40.7. The second-order valence-corrected chi connectivity index (χ2v) is 15.1. The van der Waals surface area contributed by atoms with Crippen molar-refractivity contribution in [2.45, 2.75) is 126 Å². The summed E-state index contributed by atoms with van der Waals surface area (Å²) in [5, 5.41) is 0. The lowest BCUT2D eigenvalue weighted by Gasteiger charge is -2.47. The van der Waals surface area contributed by atoms with E-state index in [-0.39, 0.29) is 30.1 Å². The molecule has 0 aromatic heterocycles. The van der Waals surface area contributed by atoms with Crippen LogP contribution < -0.4 is 0 Å². The van der Waals surface area contributed by atoms with Gasteiger partial charge in [-0.2, -0.15) is 0 Å². The van der Waals surface area contributed by atoms with Gasteiger partial charge in [0, 0.05) is 51.4 Å². The predicted molar refractivity (Wildman–Crippen MR) is 171 cm³/mol. The van der Waals surface area contributed by atoms with E-state index in [1.807, 2.05) is 36.4 Å². The van der Waals surface area contributed by atoms with Crippen LogP contribution in [0.2, 0.25) is 0 Å². The average Bonchev–Trinajstić information content (AvgIpc) is 3.29. The maximum absolute atomic E-state index is 14.6. The Bertz CT molecular complexity index is 1360. The zero-order valence-electron chi connectivity index (χ0n) is 27.3. The highest BCUT2D eigenvalue weighted by molar-refractivity contribution is 5.91. The third kappa shape index (κ3) is 4.57. The maximum atomic E-state index is 14.6. The van der Waals surface area contributed by atoms with Crippen molar-refractivity contribution in [3.63, 3.8) is 0 Å². The molecule has 7 rings (SSSR count). The smallest absolute Gasteiger partial charge is 0.321 e. The number of ether oxygens (including phenoxy) is 2. The number of carbonyl (C=O) groups excluding carboxylic acids is 2. The van der Waals surface area contributed by atoms with Crippen LogP contribution in [-0.2, 0) is 24.5 Å². The Labute approximate surface area is 263 Å². The van der Waals surface area contributed by atoms with E-state index in [1.54, 1.807) is 0 Å². The second-order valence-electron chi connectivity index (χ2n) is 15.1. The van der Waals surface area contributed by atoms with Crippen molar-refractivity contribution in [3.8, 4) is 0 Å². The Morgan fingerprint density at radius 3 is 1.75 bits per heavy atom. The zero-order valence-corrected chi connectivity index (χ0v) is 27.3. The van der Waals surface area contributed by atoms with Crippen molar-refractivity contribution in [1.82, 2.24) is 0 Å². The summed E-state index contributed by atoms with van der Waals surface area (Å²) in [6.07, 6.45) is 9.75. The molecule has 6 nitrogen and oxygen atoms in total. The van der Waals surface area contributed by atoms with Gasteiger partial charge in [0.15, 0.2) is 0 Å². The number of rotatable bonds is 7. The molecule has 2 aromatic rings. The van der Waals surface area contributed by atoms with Crippen molar-refractivity contribution in [2.75, 3.05) is 27.2 Å². The first-order valence-corrected chi connectivity index (χ1v) is 17.5.